The van der Waals surface area contributed by atoms with Gasteiger partial charge in [0.05, 0.1) is 49.5 Å². The molecule has 1 unspecified atom stereocenters. The lowest BCUT2D eigenvalue weighted by molar-refractivity contribution is -0.139. The fraction of sp³-hybridized carbons (Fsp3) is 0.314. The van der Waals surface area contributed by atoms with Crippen molar-refractivity contribution in [2.75, 3.05) is 30.5 Å². The fourth-order valence-corrected chi connectivity index (χ4v) is 5.69. The van der Waals surface area contributed by atoms with Crippen molar-refractivity contribution in [2.24, 2.45) is 0 Å². The summed E-state index contributed by atoms with van der Waals surface area (Å²) in [6, 6.07) is 11.5. The van der Waals surface area contributed by atoms with E-state index in [0.29, 0.717) is 29.9 Å². The van der Waals surface area contributed by atoms with E-state index in [1.54, 1.807) is 43.4 Å². The first kappa shape index (κ1) is 40.6. The van der Waals surface area contributed by atoms with Crippen LogP contribution in [0.5, 0.6) is 0 Å². The number of carboxylic acid groups (broad SMARTS) is 1. The van der Waals surface area contributed by atoms with Gasteiger partial charge in [-0.15, -0.1) is 0 Å². The Kier molecular flexibility index (Phi) is 14.8. The highest BCUT2D eigenvalue weighted by atomic mass is 31.2. The number of phosphoric ester groups is 1. The molecule has 0 fully saturated rings. The highest BCUT2D eigenvalue weighted by Crippen LogP contribution is 2.49. The number of ether oxygens (including phenoxy) is 1. The molecule has 0 bridgehead atoms. The van der Waals surface area contributed by atoms with Gasteiger partial charge in [-0.1, -0.05) is 18.6 Å². The standard InChI is InChI=1S/C35H38N7O11P/c1-4-51-54(49,52-5-2)53-19-9-8-18-50-34(48)26-10-6-7-11-27(26)40-35-41-30-29(32(45)42-35)38-25(21-37-30)20-36-24-15-13-23(14-16-24)31(44)39-28(33(46)47)17-12-22(3)43/h1,6-7,10-11,13-16,21,28,36H,5,8-9,12,17-20H2,2-3H3,(H,39,44)(H,46,47)(H2,37,40,41,42,45)/t28-,54?/m0/s1. The molecule has 4 aromatic rings. The van der Waals surface area contributed by atoms with E-state index in [4.69, 9.17) is 20.2 Å². The van der Waals surface area contributed by atoms with Crippen molar-refractivity contribution in [1.29, 1.82) is 0 Å². The Morgan fingerprint density at radius 1 is 1.04 bits per heavy atom. The first-order valence-corrected chi connectivity index (χ1v) is 18.1. The lowest BCUT2D eigenvalue weighted by Crippen LogP contribution is -2.41. The quantitative estimate of drug-likeness (QED) is 0.0343. The summed E-state index contributed by atoms with van der Waals surface area (Å²) in [7, 11) is -3.85. The molecule has 0 aliphatic rings. The number of benzene rings is 2. The number of hydrogen-bond acceptors (Lipinski definition) is 15. The zero-order valence-corrected chi connectivity index (χ0v) is 30.2. The Balaban J connectivity index is 1.32. The third-order valence-corrected chi connectivity index (χ3v) is 8.75. The molecule has 4 rings (SSSR count). The maximum Gasteiger partial charge on any atom is 0.538 e. The van der Waals surface area contributed by atoms with Crippen molar-refractivity contribution < 1.29 is 47.2 Å². The second-order valence-corrected chi connectivity index (χ2v) is 13.0. The van der Waals surface area contributed by atoms with Crippen molar-refractivity contribution in [1.82, 2.24) is 25.3 Å². The molecule has 0 spiro atoms. The van der Waals surface area contributed by atoms with Gasteiger partial charge in [-0.05, 0) is 69.5 Å². The molecular formula is C35H38N7O11P. The lowest BCUT2D eigenvalue weighted by atomic mass is 10.1. The minimum atomic E-state index is -3.85. The number of hydrogen-bond donors (Lipinski definition) is 5. The number of unbranched alkanes of at least 4 members (excludes halogenated alkanes) is 1. The molecule has 18 nitrogen and oxygen atoms in total. The number of aromatic nitrogens is 4. The number of phosphoric acid groups is 1. The number of terminal acetylenes is 1. The molecular weight excluding hydrogens is 725 g/mol. The molecule has 54 heavy (non-hydrogen) atoms. The van der Waals surface area contributed by atoms with Crippen LogP contribution in [0.1, 0.15) is 65.9 Å². The molecule has 0 saturated carbocycles. The van der Waals surface area contributed by atoms with Crippen LogP contribution in [0.4, 0.5) is 17.3 Å². The number of H-pyrrole nitrogens is 1. The number of rotatable bonds is 21. The Labute approximate surface area is 309 Å². The maximum atomic E-state index is 13.0. The molecule has 0 saturated heterocycles. The summed E-state index contributed by atoms with van der Waals surface area (Å²) in [5, 5.41) is 17.8. The lowest BCUT2D eigenvalue weighted by Gasteiger charge is -2.14. The normalized spacial score (nSPS) is 12.5. The highest BCUT2D eigenvalue weighted by Gasteiger charge is 2.26. The Morgan fingerprint density at radius 2 is 1.78 bits per heavy atom. The Bertz CT molecular complexity index is 2120. The number of carboxylic acids is 1. The number of aromatic amines is 1. The van der Waals surface area contributed by atoms with Crippen molar-refractivity contribution in [2.45, 2.75) is 52.1 Å². The largest absolute Gasteiger partial charge is 0.538 e. The summed E-state index contributed by atoms with van der Waals surface area (Å²) in [5.74, 6) is -2.63. The Morgan fingerprint density at radius 3 is 2.48 bits per heavy atom. The van der Waals surface area contributed by atoms with Crippen LogP contribution in [-0.4, -0.2) is 74.5 Å². The molecule has 2 aromatic heterocycles. The van der Waals surface area contributed by atoms with Crippen LogP contribution in [0.3, 0.4) is 0 Å². The number of Topliss-reactive ketones (excluding diaryl/α,β-unsaturated/α-hetero) is 1. The van der Waals surface area contributed by atoms with E-state index in [9.17, 15) is 33.6 Å². The van der Waals surface area contributed by atoms with E-state index in [1.165, 1.54) is 31.3 Å². The monoisotopic (exact) mass is 763 g/mol. The second-order valence-electron chi connectivity index (χ2n) is 11.4. The number of aliphatic carboxylic acids is 1. The van der Waals surface area contributed by atoms with Crippen LogP contribution in [0.25, 0.3) is 11.2 Å². The number of nitrogens with one attached hydrogen (secondary N) is 4. The number of carbonyl (C=O) groups excluding carboxylic acids is 3. The van der Waals surface area contributed by atoms with E-state index in [2.05, 4.69) is 40.4 Å². The zero-order chi connectivity index (χ0) is 39.1. The number of fused-ring (bicyclic) bond motifs is 1. The topological polar surface area (TPSA) is 250 Å². The van der Waals surface area contributed by atoms with Gasteiger partial charge in [0.25, 0.3) is 11.5 Å². The van der Waals surface area contributed by atoms with Crippen molar-refractivity contribution in [3.8, 4) is 12.5 Å². The number of anilines is 3. The van der Waals surface area contributed by atoms with E-state index >= 15 is 0 Å². The summed E-state index contributed by atoms with van der Waals surface area (Å²) in [4.78, 5) is 76.7. The first-order chi connectivity index (χ1) is 25.9. The summed E-state index contributed by atoms with van der Waals surface area (Å²) in [6.45, 7) is 3.23. The van der Waals surface area contributed by atoms with Crippen molar-refractivity contribution >= 4 is 59.9 Å². The molecule has 5 N–H and O–H groups in total. The average Bonchev–Trinajstić information content (AvgIpc) is 3.14. The molecule has 0 radical (unpaired) electrons. The van der Waals surface area contributed by atoms with E-state index in [0.717, 1.165) is 0 Å². The molecule has 0 aliphatic heterocycles. The molecule has 2 aromatic carbocycles. The number of ketones is 1. The molecule has 19 heteroatoms. The second kappa shape index (κ2) is 19.6. The van der Waals surface area contributed by atoms with Crippen LogP contribution < -0.4 is 21.5 Å². The van der Waals surface area contributed by atoms with E-state index in [-0.39, 0.29) is 73.2 Å². The highest BCUT2D eigenvalue weighted by molar-refractivity contribution is 7.48. The van der Waals surface area contributed by atoms with Crippen molar-refractivity contribution in [3.05, 3.63) is 81.9 Å². The van der Waals surface area contributed by atoms with Gasteiger partial charge in [-0.2, -0.15) is 4.98 Å². The SMILES string of the molecule is C#COP(=O)(OCC)OCCCCOC(=O)c1ccccc1Nc1nc2ncc(CNc3ccc(C(=O)N[C@@H](CCC(C)=O)C(=O)O)cc3)nc2c(=O)[nH]1. The zero-order valence-electron chi connectivity index (χ0n) is 29.3. The number of carbonyl (C=O) groups is 4. The summed E-state index contributed by atoms with van der Waals surface area (Å²) >= 11 is 0. The predicted octanol–water partition coefficient (Wildman–Crippen LogP) is 4.33. The van der Waals surface area contributed by atoms with Crippen LogP contribution in [-0.2, 0) is 39.0 Å². The third kappa shape index (κ3) is 12.0. The Hall–Kier alpha value is -6.15. The summed E-state index contributed by atoms with van der Waals surface area (Å²) < 4.78 is 32.3. The molecule has 0 aliphatic carbocycles. The fourth-order valence-electron chi connectivity index (χ4n) is 4.71. The van der Waals surface area contributed by atoms with Crippen LogP contribution in [0.2, 0.25) is 0 Å². The van der Waals surface area contributed by atoms with Crippen LogP contribution >= 0.6 is 7.82 Å². The van der Waals surface area contributed by atoms with Gasteiger partial charge in [0.15, 0.2) is 11.2 Å². The van der Waals surface area contributed by atoms with Crippen molar-refractivity contribution in [3.63, 3.8) is 0 Å². The minimum Gasteiger partial charge on any atom is -0.480 e. The number of amides is 1. The number of nitrogens with zero attached hydrogens (tertiary/aromatic N) is 3. The summed E-state index contributed by atoms with van der Waals surface area (Å²) in [5.41, 5.74) is 1.17. The van der Waals surface area contributed by atoms with Gasteiger partial charge in [0, 0.05) is 17.7 Å². The number of para-hydroxylation sites is 1. The van der Waals surface area contributed by atoms with E-state index in [1.807, 2.05) is 0 Å². The minimum absolute atomic E-state index is 0.00321. The molecule has 2 heterocycles. The predicted molar refractivity (Wildman–Crippen MR) is 195 cm³/mol. The molecule has 1 amide bonds. The van der Waals surface area contributed by atoms with Crippen LogP contribution in [0, 0.1) is 12.5 Å². The van der Waals surface area contributed by atoms with Gasteiger partial charge in [-0.25, -0.2) is 24.1 Å². The number of esters is 1. The molecule has 2 atom stereocenters. The van der Waals surface area contributed by atoms with Gasteiger partial charge in [0.1, 0.15) is 17.9 Å². The third-order valence-electron chi connectivity index (χ3n) is 7.35. The first-order valence-electron chi connectivity index (χ1n) is 16.6. The van der Waals surface area contributed by atoms with Gasteiger partial charge in [0.2, 0.25) is 5.95 Å². The average molecular weight is 764 g/mol. The van der Waals surface area contributed by atoms with E-state index < -0.39 is 37.3 Å². The maximum absolute atomic E-state index is 13.0. The van der Waals surface area contributed by atoms with Gasteiger partial charge >= 0.3 is 19.8 Å². The summed E-state index contributed by atoms with van der Waals surface area (Å²) in [6.07, 6.45) is 9.02. The van der Waals surface area contributed by atoms with Gasteiger partial charge in [-0.3, -0.25) is 23.6 Å². The van der Waals surface area contributed by atoms with Gasteiger partial charge < -0.3 is 35.1 Å². The van der Waals surface area contributed by atoms with Crippen LogP contribution in [0.15, 0.2) is 59.5 Å². The molecule has 284 valence electrons. The smallest absolute Gasteiger partial charge is 0.480 e.